The van der Waals surface area contributed by atoms with Gasteiger partial charge in [0.2, 0.25) is 0 Å². The maximum Gasteiger partial charge on any atom is 0.305 e. The Hall–Kier alpha value is -3.31. The molecule has 0 unspecified atom stereocenters. The summed E-state index contributed by atoms with van der Waals surface area (Å²) in [4.78, 5) is 27.4. The van der Waals surface area contributed by atoms with Crippen LogP contribution in [0.5, 0.6) is 0 Å². The highest BCUT2D eigenvalue weighted by Gasteiger charge is 2.21. The smallest absolute Gasteiger partial charge is 0.305 e. The lowest BCUT2D eigenvalue weighted by Gasteiger charge is -2.36. The van der Waals surface area contributed by atoms with E-state index in [1.807, 2.05) is 0 Å². The molecule has 0 spiro atoms. The van der Waals surface area contributed by atoms with Crippen LogP contribution in [0.15, 0.2) is 18.2 Å². The number of carboxylic acids is 1. The summed E-state index contributed by atoms with van der Waals surface area (Å²) in [7, 11) is 4.26. The first-order chi connectivity index (χ1) is 32.4. The molecule has 1 aromatic carbocycles. The number of carbonyl (C=O) groups is 1. The van der Waals surface area contributed by atoms with E-state index >= 15 is 0 Å². The van der Waals surface area contributed by atoms with Gasteiger partial charge in [0.05, 0.1) is 150 Å². The fraction of sp³-hybridized carbons (Fsp3) is 0.766. The molecule has 3 aromatic rings. The van der Waals surface area contributed by atoms with Gasteiger partial charge in [-0.25, -0.2) is 9.97 Å². The second-order valence-electron chi connectivity index (χ2n) is 16.3. The maximum absolute atomic E-state index is 10.4. The zero-order valence-electron chi connectivity index (χ0n) is 40.3. The van der Waals surface area contributed by atoms with Crippen LogP contribution in [-0.4, -0.2) is 221 Å². The van der Waals surface area contributed by atoms with Crippen molar-refractivity contribution >= 4 is 39.4 Å². The standard InChI is InChI=1S/C47H81N7O12/c1-4-5-8-43-50-45-46(54(43)13-7-6-12-51(2)3)41-39-40(9-10-42(41)49-47(45)48)53-16-14-52(15-17-53)18-20-58-22-24-60-26-28-62-30-32-64-34-36-66-38-37-65-35-33-63-31-29-61-27-25-59-23-21-57-19-11-44(55)56/h9-10,39H,4-8,11-38H2,1-3H3,(H2,48,49)(H,55,56). The molecule has 1 fully saturated rings. The number of carboxylic acid groups (broad SMARTS) is 1. The van der Waals surface area contributed by atoms with E-state index in [0.29, 0.717) is 131 Å². The van der Waals surface area contributed by atoms with Crippen LogP contribution in [-0.2, 0) is 65.1 Å². The Morgan fingerprint density at radius 1 is 0.636 bits per heavy atom. The molecule has 0 aliphatic carbocycles. The minimum Gasteiger partial charge on any atom is -0.481 e. The van der Waals surface area contributed by atoms with Gasteiger partial charge >= 0.3 is 5.97 Å². The Bertz CT molecular complexity index is 1710. The predicted molar refractivity (Wildman–Crippen MR) is 255 cm³/mol. The van der Waals surface area contributed by atoms with Crippen LogP contribution in [0.25, 0.3) is 21.9 Å². The first-order valence-electron chi connectivity index (χ1n) is 24.1. The number of nitrogens with zero attached hydrogens (tertiary/aromatic N) is 6. The van der Waals surface area contributed by atoms with Crippen LogP contribution in [0, 0.1) is 0 Å². The number of nitrogen functional groups attached to an aromatic ring is 1. The molecule has 2 aromatic heterocycles. The Kier molecular flexibility index (Phi) is 29.2. The third kappa shape index (κ3) is 22.7. The third-order valence-corrected chi connectivity index (χ3v) is 10.9. The number of hydrogen-bond acceptors (Lipinski definition) is 17. The highest BCUT2D eigenvalue weighted by molar-refractivity contribution is 6.07. The zero-order valence-corrected chi connectivity index (χ0v) is 40.3. The maximum atomic E-state index is 10.4. The van der Waals surface area contributed by atoms with Crippen molar-refractivity contribution in [3.8, 4) is 0 Å². The molecule has 1 aliphatic rings. The Labute approximate surface area is 392 Å². The number of piperazine rings is 1. The van der Waals surface area contributed by atoms with E-state index in [1.165, 1.54) is 5.69 Å². The quantitative estimate of drug-likeness (QED) is 0.0782. The highest BCUT2D eigenvalue weighted by atomic mass is 16.6. The van der Waals surface area contributed by atoms with Gasteiger partial charge < -0.3 is 72.6 Å². The van der Waals surface area contributed by atoms with Gasteiger partial charge in [0, 0.05) is 56.8 Å². The van der Waals surface area contributed by atoms with Crippen molar-refractivity contribution in [2.45, 2.75) is 52.0 Å². The Balaban J connectivity index is 0.927. The van der Waals surface area contributed by atoms with Crippen LogP contribution < -0.4 is 10.6 Å². The summed E-state index contributed by atoms with van der Waals surface area (Å²) in [5, 5.41) is 9.66. The third-order valence-electron chi connectivity index (χ3n) is 10.9. The minimum absolute atomic E-state index is 0.00408. The largest absolute Gasteiger partial charge is 0.481 e. The molecule has 3 N–H and O–H groups in total. The number of imidazole rings is 1. The topological polar surface area (TPSA) is 196 Å². The van der Waals surface area contributed by atoms with E-state index in [-0.39, 0.29) is 13.0 Å². The van der Waals surface area contributed by atoms with Gasteiger partial charge in [-0.05, 0) is 58.1 Å². The average molecular weight is 936 g/mol. The number of anilines is 2. The molecule has 0 bridgehead atoms. The van der Waals surface area contributed by atoms with Gasteiger partial charge in [-0.3, -0.25) is 9.69 Å². The second kappa shape index (κ2) is 34.9. The van der Waals surface area contributed by atoms with Crippen molar-refractivity contribution in [3.05, 3.63) is 24.0 Å². The molecule has 0 amide bonds. The molecule has 1 saturated heterocycles. The molecular weight excluding hydrogens is 855 g/mol. The first kappa shape index (κ1) is 55.3. The number of aromatic nitrogens is 3. The van der Waals surface area contributed by atoms with Gasteiger partial charge in [-0.15, -0.1) is 0 Å². The van der Waals surface area contributed by atoms with Crippen molar-refractivity contribution in [3.63, 3.8) is 0 Å². The van der Waals surface area contributed by atoms with Crippen molar-refractivity contribution in [2.24, 2.45) is 0 Å². The lowest BCUT2D eigenvalue weighted by Crippen LogP contribution is -2.47. The van der Waals surface area contributed by atoms with E-state index in [4.69, 9.17) is 68.2 Å². The van der Waals surface area contributed by atoms with Gasteiger partial charge in [0.1, 0.15) is 11.3 Å². The van der Waals surface area contributed by atoms with Crippen LogP contribution in [0.1, 0.15) is 44.9 Å². The highest BCUT2D eigenvalue weighted by Crippen LogP contribution is 2.32. The first-order valence-corrected chi connectivity index (χ1v) is 24.1. The summed E-state index contributed by atoms with van der Waals surface area (Å²) in [6.45, 7) is 18.5. The van der Waals surface area contributed by atoms with E-state index < -0.39 is 5.97 Å². The van der Waals surface area contributed by atoms with Gasteiger partial charge in [0.15, 0.2) is 5.82 Å². The number of rotatable bonds is 42. The van der Waals surface area contributed by atoms with Crippen molar-refractivity contribution in [1.29, 1.82) is 0 Å². The van der Waals surface area contributed by atoms with Crippen molar-refractivity contribution < 1.29 is 57.3 Å². The number of pyridine rings is 1. The van der Waals surface area contributed by atoms with Crippen molar-refractivity contribution in [1.82, 2.24) is 24.3 Å². The molecule has 19 nitrogen and oxygen atoms in total. The van der Waals surface area contributed by atoms with E-state index in [1.54, 1.807) is 0 Å². The SMILES string of the molecule is CCCCc1nc2c(N)nc3ccc(N4CCN(CCOCCOCCOCCOCCOCCOCCOCCOCCOCCOCCC(=O)O)CC4)cc3c2n1CCCCN(C)C. The molecule has 1 aliphatic heterocycles. The number of fused-ring (bicyclic) bond motifs is 3. The lowest BCUT2D eigenvalue weighted by atomic mass is 10.1. The molecule has 19 heteroatoms. The normalized spacial score (nSPS) is 13.6. The van der Waals surface area contributed by atoms with E-state index in [0.717, 1.165) is 106 Å². The van der Waals surface area contributed by atoms with E-state index in [2.05, 4.69) is 58.5 Å². The van der Waals surface area contributed by atoms with Crippen molar-refractivity contribution in [2.75, 3.05) is 196 Å². The minimum atomic E-state index is -0.874. The van der Waals surface area contributed by atoms with Crippen LogP contribution in [0.2, 0.25) is 0 Å². The van der Waals surface area contributed by atoms with Gasteiger partial charge in [0.25, 0.3) is 0 Å². The zero-order chi connectivity index (χ0) is 46.9. The number of ether oxygens (including phenoxy) is 10. The fourth-order valence-electron chi connectivity index (χ4n) is 7.27. The fourth-order valence-corrected chi connectivity index (χ4v) is 7.27. The van der Waals surface area contributed by atoms with E-state index in [9.17, 15) is 4.79 Å². The molecular formula is C47H81N7O12. The van der Waals surface area contributed by atoms with Crippen LogP contribution >= 0.6 is 0 Å². The molecule has 66 heavy (non-hydrogen) atoms. The summed E-state index contributed by atoms with van der Waals surface area (Å²) in [5.74, 6) is 0.759. The number of hydrogen-bond donors (Lipinski definition) is 2. The molecule has 0 radical (unpaired) electrons. The second-order valence-corrected chi connectivity index (χ2v) is 16.3. The van der Waals surface area contributed by atoms with Crippen LogP contribution in [0.4, 0.5) is 11.5 Å². The van der Waals surface area contributed by atoms with Crippen LogP contribution in [0.3, 0.4) is 0 Å². The summed E-state index contributed by atoms with van der Waals surface area (Å²) < 4.78 is 57.6. The number of aliphatic carboxylic acids is 1. The number of aryl methyl sites for hydroxylation is 2. The number of nitrogens with two attached hydrogens (primary N) is 1. The summed E-state index contributed by atoms with van der Waals surface area (Å²) in [6, 6.07) is 6.61. The number of benzene rings is 1. The molecule has 3 heterocycles. The summed E-state index contributed by atoms with van der Waals surface area (Å²) >= 11 is 0. The number of unbranched alkanes of at least 4 members (excludes halogenated alkanes) is 2. The Morgan fingerprint density at radius 3 is 1.59 bits per heavy atom. The summed E-state index contributed by atoms with van der Waals surface area (Å²) in [6.07, 6.45) is 5.40. The Morgan fingerprint density at radius 2 is 1.12 bits per heavy atom. The monoisotopic (exact) mass is 936 g/mol. The lowest BCUT2D eigenvalue weighted by molar-refractivity contribution is -0.138. The van der Waals surface area contributed by atoms with Gasteiger partial charge in [-0.2, -0.15) is 0 Å². The average Bonchev–Trinajstić information content (AvgIpc) is 3.69. The molecule has 4 rings (SSSR count). The predicted octanol–water partition coefficient (Wildman–Crippen LogP) is 3.61. The summed E-state index contributed by atoms with van der Waals surface area (Å²) in [5.41, 5.74) is 10.6. The molecule has 0 atom stereocenters. The molecule has 376 valence electrons. The molecule has 0 saturated carbocycles. The van der Waals surface area contributed by atoms with Gasteiger partial charge in [-0.1, -0.05) is 13.3 Å².